The van der Waals surface area contributed by atoms with Crippen molar-refractivity contribution in [3.05, 3.63) is 247 Å². The van der Waals surface area contributed by atoms with Gasteiger partial charge in [-0.2, -0.15) is 0 Å². The molecule has 106 heavy (non-hydrogen) atoms. The molecule has 0 aliphatic carbocycles. The van der Waals surface area contributed by atoms with Crippen LogP contribution in [0.1, 0.15) is 261 Å². The van der Waals surface area contributed by atoms with Gasteiger partial charge in [-0.3, -0.25) is 9.59 Å². The predicted molar refractivity (Wildman–Crippen MR) is 455 cm³/mol. The van der Waals surface area contributed by atoms with E-state index < -0.39 is 5.60 Å². The molecule has 1 atom stereocenters. The molecular weight excluding hydrogens is 1310 g/mol. The summed E-state index contributed by atoms with van der Waals surface area (Å²) < 4.78 is 10.7. The third-order valence-electron chi connectivity index (χ3n) is 19.0. The average Bonchev–Trinajstić information content (AvgIpc) is 0.786. The zero-order chi connectivity index (χ0) is 79.1. The zero-order valence-corrected chi connectivity index (χ0v) is 68.7. The van der Waals surface area contributed by atoms with Gasteiger partial charge < -0.3 is 35.0 Å². The molecular formula is C97H132O9. The number of carbonyl (C=O) groups is 2. The van der Waals surface area contributed by atoms with Crippen LogP contribution in [-0.4, -0.2) is 43.1 Å². The molecule has 574 valence electrons. The van der Waals surface area contributed by atoms with Crippen LogP contribution < -0.4 is 9.47 Å². The number of phenolic OH excluding ortho intramolecular Hbond substituents is 4. The smallest absolute Gasteiger partial charge is 0.308 e. The fourth-order valence-corrected chi connectivity index (χ4v) is 12.2. The van der Waals surface area contributed by atoms with Crippen molar-refractivity contribution in [3.63, 3.8) is 0 Å². The Morgan fingerprint density at radius 1 is 0.368 bits per heavy atom. The van der Waals surface area contributed by atoms with E-state index in [1.54, 1.807) is 25.1 Å². The molecule has 6 rings (SSSR count). The minimum absolute atomic E-state index is 0.198. The molecule has 1 unspecified atom stereocenters. The number of allylic oxidation sites excluding steroid dienone is 22. The van der Waals surface area contributed by atoms with E-state index in [1.807, 2.05) is 87.5 Å². The highest BCUT2D eigenvalue weighted by Gasteiger charge is 2.20. The standard InChI is InChI=1S/C33H44O3.C31H42O2.C20H34O.C13H12O3/c1-23(2)13-10-14-24(3)15-11-16-25(4)17-12-18-26(5)21-22-29-27(6)33(36-28(7)34)31-20-9-8-19-30(31)32(29)35;1-22(2)12-9-13-23(3)14-10-15-24(4)16-11-17-25(5)20-21-27-26(6)30(32)28-18-7-8-19-29(28)31(27)33;1-7-20(6,21)16-10-15-19(5)14-9-13-18(4)12-8-11-17(2)3;1-8-7-12(15)10-5-3-4-6-11(10)13(8)16-9(2)14/h8-9,13,15,17,19-21,35H,10-12,14,16,18,22H2,1-7H3;7-8,12,14,16,18-20,32-33H,9-11,13,15,17,21H2,1-6H3;7,11,13,15,21H,1,8-10,12,14,16H2,2-6H3;3-7,15H,1-2H3/b24-15+,25-17+,26-21+;23-14+,24-16+,25-20+;18-13+,19-15+;. The van der Waals surface area contributed by atoms with Gasteiger partial charge >= 0.3 is 11.9 Å². The van der Waals surface area contributed by atoms with Crippen LogP contribution in [-0.2, 0) is 22.4 Å². The second-order valence-corrected chi connectivity index (χ2v) is 30.0. The molecule has 9 nitrogen and oxygen atoms in total. The third kappa shape index (κ3) is 34.5. The van der Waals surface area contributed by atoms with Crippen LogP contribution in [0.5, 0.6) is 34.5 Å². The minimum Gasteiger partial charge on any atom is -0.507 e. The molecule has 0 aromatic heterocycles. The fraction of sp³-hybridized carbons (Fsp3) is 0.423. The maximum absolute atomic E-state index is 11.7. The molecule has 0 fully saturated rings. The lowest BCUT2D eigenvalue weighted by molar-refractivity contribution is -0.132. The van der Waals surface area contributed by atoms with E-state index in [0.29, 0.717) is 45.9 Å². The Bertz CT molecular complexity index is 4220. The summed E-state index contributed by atoms with van der Waals surface area (Å²) in [6.45, 7) is 44.3. The van der Waals surface area contributed by atoms with Crippen molar-refractivity contribution < 1.29 is 44.6 Å². The van der Waals surface area contributed by atoms with E-state index in [9.17, 15) is 35.1 Å². The van der Waals surface area contributed by atoms with Crippen molar-refractivity contribution in [1.29, 1.82) is 0 Å². The monoisotopic (exact) mass is 1440 g/mol. The van der Waals surface area contributed by atoms with Gasteiger partial charge in [-0.15, -0.1) is 6.58 Å². The molecule has 0 amide bonds. The van der Waals surface area contributed by atoms with Crippen LogP contribution >= 0.6 is 0 Å². The van der Waals surface area contributed by atoms with E-state index in [2.05, 4.69) is 170 Å². The molecule has 9 heteroatoms. The van der Waals surface area contributed by atoms with Gasteiger partial charge in [0, 0.05) is 57.3 Å². The Hall–Kier alpha value is -8.92. The lowest BCUT2D eigenvalue weighted by Gasteiger charge is -2.16. The molecule has 6 aromatic rings. The molecule has 0 bridgehead atoms. The lowest BCUT2D eigenvalue weighted by atomic mass is 9.95. The van der Waals surface area contributed by atoms with Crippen LogP contribution in [0.4, 0.5) is 0 Å². The molecule has 0 heterocycles. The van der Waals surface area contributed by atoms with Crippen LogP contribution in [0.3, 0.4) is 0 Å². The van der Waals surface area contributed by atoms with Crippen molar-refractivity contribution in [1.82, 2.24) is 0 Å². The third-order valence-corrected chi connectivity index (χ3v) is 19.0. The summed E-state index contributed by atoms with van der Waals surface area (Å²) in [4.78, 5) is 22.7. The summed E-state index contributed by atoms with van der Waals surface area (Å²) >= 11 is 0. The van der Waals surface area contributed by atoms with Gasteiger partial charge in [-0.25, -0.2) is 0 Å². The van der Waals surface area contributed by atoms with Crippen LogP contribution in [0.2, 0.25) is 0 Å². The highest BCUT2D eigenvalue weighted by molar-refractivity contribution is 5.98. The van der Waals surface area contributed by atoms with Crippen LogP contribution in [0.25, 0.3) is 32.3 Å². The predicted octanol–water partition coefficient (Wildman–Crippen LogP) is 27.6. The summed E-state index contributed by atoms with van der Waals surface area (Å²) in [5.41, 5.74) is 18.7. The van der Waals surface area contributed by atoms with E-state index in [-0.39, 0.29) is 34.9 Å². The number of carbonyl (C=O) groups excluding carboxylic acids is 2. The SMILES string of the molecule is C=CC(C)(O)CC/C=C(\C)CC/C=C(\C)CCC=C(C)C.CC(=O)Oc1c(C)c(C/C=C(\C)CC/C=C(\C)CC/C=C(\C)CCC=C(C)C)c(O)c2ccccc12.CC(=O)Oc1c(C)cc(O)c2ccccc12.CC(C)=CCC/C(C)=C/CC/C(C)=C/CC/C(C)=C/Cc1c(C)c(O)c2ccccc2c1O. The Labute approximate surface area is 639 Å². The second-order valence-electron chi connectivity index (χ2n) is 30.0. The highest BCUT2D eigenvalue weighted by Crippen LogP contribution is 2.42. The number of aliphatic hydroxyl groups is 1. The van der Waals surface area contributed by atoms with Crippen molar-refractivity contribution in [2.24, 2.45) is 0 Å². The summed E-state index contributed by atoms with van der Waals surface area (Å²) in [6, 6.07) is 23.9. The van der Waals surface area contributed by atoms with E-state index >= 15 is 0 Å². The van der Waals surface area contributed by atoms with Crippen molar-refractivity contribution >= 4 is 44.3 Å². The number of fused-ring (bicyclic) bond motifs is 3. The molecule has 0 aliphatic rings. The first-order valence-electron chi connectivity index (χ1n) is 38.4. The van der Waals surface area contributed by atoms with Gasteiger partial charge in [-0.1, -0.05) is 207 Å². The number of benzene rings is 6. The first-order valence-corrected chi connectivity index (χ1v) is 38.4. The Morgan fingerprint density at radius 3 is 0.981 bits per heavy atom. The largest absolute Gasteiger partial charge is 0.507 e. The van der Waals surface area contributed by atoms with Crippen LogP contribution in [0, 0.1) is 20.8 Å². The quantitative estimate of drug-likeness (QED) is 0.0115. The first-order chi connectivity index (χ1) is 50.2. The molecule has 0 spiro atoms. The Balaban J connectivity index is 0.000000383. The van der Waals surface area contributed by atoms with E-state index in [4.69, 9.17) is 9.47 Å². The number of esters is 2. The van der Waals surface area contributed by atoms with Gasteiger partial charge in [0.2, 0.25) is 0 Å². The van der Waals surface area contributed by atoms with Gasteiger partial charge in [0.05, 0.1) is 5.60 Å². The number of hydrogen-bond donors (Lipinski definition) is 5. The molecule has 0 saturated carbocycles. The van der Waals surface area contributed by atoms with Crippen molar-refractivity contribution in [2.45, 2.75) is 272 Å². The number of rotatable bonds is 34. The Morgan fingerprint density at radius 2 is 0.642 bits per heavy atom. The molecule has 0 radical (unpaired) electrons. The molecule has 6 aromatic carbocycles. The van der Waals surface area contributed by atoms with E-state index in [0.717, 1.165) is 154 Å². The number of aryl methyl sites for hydroxylation is 1. The maximum atomic E-state index is 11.7. The molecule has 0 saturated heterocycles. The average molecular weight is 1440 g/mol. The normalized spacial score (nSPS) is 13.0. The van der Waals surface area contributed by atoms with Crippen molar-refractivity contribution in [3.8, 4) is 34.5 Å². The number of aromatic hydroxyl groups is 4. The van der Waals surface area contributed by atoms with Crippen LogP contribution in [0.15, 0.2) is 220 Å². The topological polar surface area (TPSA) is 154 Å². The first kappa shape index (κ1) is 91.3. The summed E-state index contributed by atoms with van der Waals surface area (Å²) in [5, 5.41) is 56.2. The Kier molecular flexibility index (Phi) is 41.6. The minimum atomic E-state index is -0.738. The van der Waals surface area contributed by atoms with Gasteiger partial charge in [0.25, 0.3) is 0 Å². The van der Waals surface area contributed by atoms with E-state index in [1.165, 1.54) is 75.2 Å². The van der Waals surface area contributed by atoms with Gasteiger partial charge in [0.15, 0.2) is 0 Å². The number of ether oxygens (including phenoxy) is 2. The summed E-state index contributed by atoms with van der Waals surface area (Å²) in [5.74, 6) is 1.35. The summed E-state index contributed by atoms with van der Waals surface area (Å²) in [6.07, 6.45) is 47.4. The maximum Gasteiger partial charge on any atom is 0.308 e. The fourth-order valence-electron chi connectivity index (χ4n) is 12.2. The molecule has 5 N–H and O–H groups in total. The molecule has 0 aliphatic heterocycles. The zero-order valence-electron chi connectivity index (χ0n) is 68.7. The number of phenols is 4. The van der Waals surface area contributed by atoms with Gasteiger partial charge in [-0.05, 0) is 276 Å². The lowest BCUT2D eigenvalue weighted by Crippen LogP contribution is -2.19. The summed E-state index contributed by atoms with van der Waals surface area (Å²) in [7, 11) is 0. The second kappa shape index (κ2) is 48.3. The van der Waals surface area contributed by atoms with Crippen molar-refractivity contribution in [2.75, 3.05) is 0 Å². The highest BCUT2D eigenvalue weighted by atomic mass is 16.5. The van der Waals surface area contributed by atoms with Gasteiger partial charge in [0.1, 0.15) is 34.5 Å². The number of hydrogen-bond acceptors (Lipinski definition) is 9.